The highest BCUT2D eigenvalue weighted by molar-refractivity contribution is 5.77. The van der Waals surface area contributed by atoms with Crippen LogP contribution in [0.5, 0.6) is 17.2 Å². The van der Waals surface area contributed by atoms with Gasteiger partial charge < -0.3 is 14.2 Å². The van der Waals surface area contributed by atoms with Crippen molar-refractivity contribution < 1.29 is 28.7 Å². The average molecular weight is 397 g/mol. The highest BCUT2D eigenvalue weighted by Crippen LogP contribution is 2.37. The Morgan fingerprint density at radius 2 is 1.86 bits per heavy atom. The summed E-state index contributed by atoms with van der Waals surface area (Å²) in [7, 11) is 0. The lowest BCUT2D eigenvalue weighted by Crippen LogP contribution is -2.19. The molecule has 0 aliphatic carbocycles. The summed E-state index contributed by atoms with van der Waals surface area (Å²) in [4.78, 5) is 34.1. The Morgan fingerprint density at radius 3 is 2.52 bits per heavy atom. The minimum atomic E-state index is -1.00. The fourth-order valence-corrected chi connectivity index (χ4v) is 2.82. The smallest absolute Gasteiger partial charge is 0.426 e. The lowest BCUT2D eigenvalue weighted by molar-refractivity contribution is -0.384. The lowest BCUT2D eigenvalue weighted by atomic mass is 9.99. The molecule has 1 heterocycles. The second-order valence-corrected chi connectivity index (χ2v) is 6.70. The molecule has 0 saturated heterocycles. The van der Waals surface area contributed by atoms with Gasteiger partial charge in [0.2, 0.25) is 0 Å². The Morgan fingerprint density at radius 1 is 1.14 bits per heavy atom. The van der Waals surface area contributed by atoms with Gasteiger partial charge in [0.1, 0.15) is 17.2 Å². The van der Waals surface area contributed by atoms with Gasteiger partial charge in [0.05, 0.1) is 11.3 Å². The minimum absolute atomic E-state index is 0.107. The number of rotatable bonds is 5. The molecule has 0 atom stereocenters. The van der Waals surface area contributed by atoms with Crippen LogP contribution in [0.1, 0.15) is 31.4 Å². The highest BCUT2D eigenvalue weighted by Gasteiger charge is 2.24. The Balaban J connectivity index is 1.82. The molecule has 1 aliphatic heterocycles. The number of carbonyl (C=O) groups excluding carboxylic acids is 2. The zero-order chi connectivity index (χ0) is 21.0. The average Bonchev–Trinajstić information content (AvgIpc) is 2.67. The molecule has 150 valence electrons. The summed E-state index contributed by atoms with van der Waals surface area (Å²) in [6, 6.07) is 8.45. The molecule has 0 unspecified atom stereocenters. The summed E-state index contributed by atoms with van der Waals surface area (Å²) >= 11 is 0. The van der Waals surface area contributed by atoms with E-state index in [9.17, 15) is 19.7 Å². The summed E-state index contributed by atoms with van der Waals surface area (Å²) in [5.41, 5.74) is 2.39. The number of hydrogen-bond donors (Lipinski definition) is 0. The molecule has 0 N–H and O–H groups in total. The van der Waals surface area contributed by atoms with Gasteiger partial charge in [-0.25, -0.2) is 4.79 Å². The first-order valence-electron chi connectivity index (χ1n) is 8.96. The van der Waals surface area contributed by atoms with Crippen LogP contribution in [0.2, 0.25) is 0 Å². The number of non-ortho nitro benzene ring substituents is 1. The van der Waals surface area contributed by atoms with Crippen LogP contribution in [0.4, 0.5) is 10.5 Å². The second kappa shape index (κ2) is 8.55. The topological polar surface area (TPSA) is 105 Å². The molecule has 29 heavy (non-hydrogen) atoms. The van der Waals surface area contributed by atoms with Crippen LogP contribution >= 0.6 is 0 Å². The van der Waals surface area contributed by atoms with E-state index in [0.29, 0.717) is 30.6 Å². The molecule has 8 nitrogen and oxygen atoms in total. The molecule has 0 spiro atoms. The molecule has 0 fully saturated rings. The second-order valence-electron chi connectivity index (χ2n) is 6.70. The third-order valence-corrected chi connectivity index (χ3v) is 4.27. The number of benzene rings is 2. The van der Waals surface area contributed by atoms with E-state index in [1.54, 1.807) is 12.1 Å². The monoisotopic (exact) mass is 397 g/mol. The van der Waals surface area contributed by atoms with Gasteiger partial charge in [0, 0.05) is 17.7 Å². The molecule has 8 heteroatoms. The third-order valence-electron chi connectivity index (χ3n) is 4.27. The molecule has 2 aromatic rings. The maximum atomic E-state index is 12.2. The fourth-order valence-electron chi connectivity index (χ4n) is 2.82. The number of carbonyl (C=O) groups is 2. The van der Waals surface area contributed by atoms with E-state index >= 15 is 0 Å². The summed E-state index contributed by atoms with van der Waals surface area (Å²) < 4.78 is 15.8. The Bertz CT molecular complexity index is 989. The molecule has 2 aromatic carbocycles. The zero-order valence-electron chi connectivity index (χ0n) is 16.0. The van der Waals surface area contributed by atoms with Crippen LogP contribution in [0.25, 0.3) is 0 Å². The van der Waals surface area contributed by atoms with Crippen LogP contribution < -0.4 is 14.2 Å². The van der Waals surface area contributed by atoms with E-state index in [1.807, 2.05) is 19.9 Å². The molecule has 0 bridgehead atoms. The molecule has 1 aliphatic rings. The maximum Gasteiger partial charge on any atom is 0.519 e. The van der Waals surface area contributed by atoms with E-state index < -0.39 is 11.1 Å². The van der Waals surface area contributed by atoms with E-state index in [4.69, 9.17) is 14.2 Å². The van der Waals surface area contributed by atoms with Gasteiger partial charge in [0.15, 0.2) is 0 Å². The van der Waals surface area contributed by atoms with Crippen molar-refractivity contribution >= 4 is 17.8 Å². The first kappa shape index (κ1) is 20.1. The van der Waals surface area contributed by atoms with Crippen molar-refractivity contribution in [3.05, 3.63) is 69.3 Å². The summed E-state index contributed by atoms with van der Waals surface area (Å²) in [5, 5.41) is 10.7. The van der Waals surface area contributed by atoms with Crippen molar-refractivity contribution in [2.45, 2.75) is 33.1 Å². The molecule has 0 saturated carbocycles. The number of fused-ring (bicyclic) bond motifs is 1. The van der Waals surface area contributed by atoms with Gasteiger partial charge in [-0.2, -0.15) is 0 Å². The fraction of sp³-hybridized carbons (Fsp3) is 0.238. The predicted octanol–water partition coefficient (Wildman–Crippen LogP) is 4.53. The highest BCUT2D eigenvalue weighted by atomic mass is 16.7. The maximum absolute atomic E-state index is 12.2. The van der Waals surface area contributed by atoms with Crippen LogP contribution in [-0.2, 0) is 17.6 Å². The normalized spacial score (nSPS) is 12.4. The van der Waals surface area contributed by atoms with Gasteiger partial charge in [-0.3, -0.25) is 14.9 Å². The number of ether oxygens (including phenoxy) is 3. The predicted molar refractivity (Wildman–Crippen MR) is 103 cm³/mol. The molecular weight excluding hydrogens is 378 g/mol. The van der Waals surface area contributed by atoms with Crippen molar-refractivity contribution in [1.82, 2.24) is 0 Å². The SMILES string of the molecule is CC(C)=CCc1c(OC(=O)Oc2ccc([N+](=O)[O-])cc2)ccc2c1OC(=O)CC2. The molecule has 0 radical (unpaired) electrons. The number of aryl methyl sites for hydroxylation is 1. The van der Waals surface area contributed by atoms with Crippen molar-refractivity contribution in [3.8, 4) is 17.2 Å². The van der Waals surface area contributed by atoms with Crippen molar-refractivity contribution in [2.75, 3.05) is 0 Å². The Labute approximate surface area is 166 Å². The molecule has 0 aromatic heterocycles. The summed E-state index contributed by atoms with van der Waals surface area (Å²) in [5.74, 6) is 0.416. The van der Waals surface area contributed by atoms with Gasteiger partial charge >= 0.3 is 12.1 Å². The van der Waals surface area contributed by atoms with Gasteiger partial charge in [0.25, 0.3) is 5.69 Å². The molecule has 3 rings (SSSR count). The van der Waals surface area contributed by atoms with Gasteiger partial charge in [-0.15, -0.1) is 0 Å². The van der Waals surface area contributed by atoms with Gasteiger partial charge in [-0.1, -0.05) is 17.7 Å². The number of hydrogen-bond acceptors (Lipinski definition) is 7. The van der Waals surface area contributed by atoms with E-state index in [2.05, 4.69) is 0 Å². The summed E-state index contributed by atoms with van der Waals surface area (Å²) in [6.07, 6.45) is 2.21. The van der Waals surface area contributed by atoms with Crippen molar-refractivity contribution in [3.63, 3.8) is 0 Å². The van der Waals surface area contributed by atoms with Crippen LogP contribution in [0, 0.1) is 10.1 Å². The van der Waals surface area contributed by atoms with Crippen LogP contribution in [-0.4, -0.2) is 17.0 Å². The largest absolute Gasteiger partial charge is 0.519 e. The summed E-state index contributed by atoms with van der Waals surface area (Å²) in [6.45, 7) is 3.87. The standard InChI is InChI=1S/C21H19NO7/c1-13(2)3-10-17-18(11-4-14-5-12-19(23)29-20(14)17)28-21(24)27-16-8-6-15(7-9-16)22(25)26/h3-4,6-9,11H,5,10,12H2,1-2H3. The van der Waals surface area contributed by atoms with Crippen LogP contribution in [0.3, 0.4) is 0 Å². The quantitative estimate of drug-likeness (QED) is 0.182. The number of nitrogens with zero attached hydrogens (tertiary/aromatic N) is 1. The van der Waals surface area contributed by atoms with Crippen molar-refractivity contribution in [2.24, 2.45) is 0 Å². The minimum Gasteiger partial charge on any atom is -0.426 e. The van der Waals surface area contributed by atoms with E-state index in [0.717, 1.165) is 11.1 Å². The Hall–Kier alpha value is -3.68. The molecule has 0 amide bonds. The zero-order valence-corrected chi connectivity index (χ0v) is 16.0. The number of esters is 1. The lowest BCUT2D eigenvalue weighted by Gasteiger charge is -2.20. The van der Waals surface area contributed by atoms with Crippen molar-refractivity contribution in [1.29, 1.82) is 0 Å². The Kier molecular flexibility index (Phi) is 5.92. The number of nitro benzene ring substituents is 1. The third kappa shape index (κ3) is 4.98. The van der Waals surface area contributed by atoms with Crippen LogP contribution in [0.15, 0.2) is 48.0 Å². The number of allylic oxidation sites excluding steroid dienone is 2. The first-order chi connectivity index (χ1) is 13.8. The molecular formula is C21H19NO7. The van der Waals surface area contributed by atoms with Gasteiger partial charge in [-0.05, 0) is 50.5 Å². The van der Waals surface area contributed by atoms with E-state index in [1.165, 1.54) is 24.3 Å². The van der Waals surface area contributed by atoms with E-state index in [-0.39, 0.29) is 23.2 Å². The number of nitro groups is 1. The first-order valence-corrected chi connectivity index (χ1v) is 8.96.